The molecule has 2 nitrogen and oxygen atoms in total. The second kappa shape index (κ2) is 5.50. The van der Waals surface area contributed by atoms with Gasteiger partial charge in [-0.25, -0.2) is 0 Å². The van der Waals surface area contributed by atoms with Crippen LogP contribution in [0.25, 0.3) is 0 Å². The molecule has 1 heterocycles. The van der Waals surface area contributed by atoms with E-state index >= 15 is 0 Å². The molecule has 2 heteroatoms. The summed E-state index contributed by atoms with van der Waals surface area (Å²) in [7, 11) is 2.25. The summed E-state index contributed by atoms with van der Waals surface area (Å²) in [4.78, 5) is 5.26. The summed E-state index contributed by atoms with van der Waals surface area (Å²) in [5, 5.41) is 0. The molecule has 0 bridgehead atoms. The maximum atomic E-state index is 2.80. The molecule has 110 valence electrons. The lowest BCUT2D eigenvalue weighted by atomic mass is 9.83. The SMILES string of the molecule is CC(C)CC1(N2CCN(C)CC2)Cc2ccccc2C1. The predicted octanol–water partition coefficient (Wildman–Crippen LogP) is 2.82. The first-order valence-electron chi connectivity index (χ1n) is 8.09. The zero-order chi connectivity index (χ0) is 14.2. The van der Waals surface area contributed by atoms with E-state index in [1.54, 1.807) is 11.1 Å². The van der Waals surface area contributed by atoms with Gasteiger partial charge in [-0.2, -0.15) is 0 Å². The summed E-state index contributed by atoms with van der Waals surface area (Å²) in [6.45, 7) is 9.66. The van der Waals surface area contributed by atoms with E-state index < -0.39 is 0 Å². The number of likely N-dealkylation sites (N-methyl/N-ethyl adjacent to an activating group) is 1. The quantitative estimate of drug-likeness (QED) is 0.835. The van der Waals surface area contributed by atoms with Crippen LogP contribution < -0.4 is 0 Å². The fourth-order valence-corrected chi connectivity index (χ4v) is 4.21. The minimum absolute atomic E-state index is 0.388. The molecule has 0 amide bonds. The van der Waals surface area contributed by atoms with Crippen LogP contribution >= 0.6 is 0 Å². The smallest absolute Gasteiger partial charge is 0.0293 e. The maximum Gasteiger partial charge on any atom is 0.0293 e. The first-order valence-corrected chi connectivity index (χ1v) is 8.09. The zero-order valence-electron chi connectivity index (χ0n) is 13.2. The average molecular weight is 272 g/mol. The Labute approximate surface area is 123 Å². The van der Waals surface area contributed by atoms with Crippen LogP contribution in [-0.4, -0.2) is 48.6 Å². The molecule has 1 saturated heterocycles. The molecule has 0 spiro atoms. The Morgan fingerprint density at radius 1 is 1.00 bits per heavy atom. The van der Waals surface area contributed by atoms with Crippen molar-refractivity contribution in [2.45, 2.75) is 38.6 Å². The molecule has 1 aromatic carbocycles. The molecule has 1 aromatic rings. The van der Waals surface area contributed by atoms with E-state index in [1.165, 1.54) is 45.4 Å². The maximum absolute atomic E-state index is 2.80. The summed E-state index contributed by atoms with van der Waals surface area (Å²) >= 11 is 0. The number of fused-ring (bicyclic) bond motifs is 1. The van der Waals surface area contributed by atoms with Gasteiger partial charge in [-0.15, -0.1) is 0 Å². The van der Waals surface area contributed by atoms with Gasteiger partial charge in [0.25, 0.3) is 0 Å². The average Bonchev–Trinajstić information content (AvgIpc) is 2.77. The fourth-order valence-electron chi connectivity index (χ4n) is 4.21. The second-order valence-electron chi connectivity index (χ2n) is 7.23. The van der Waals surface area contributed by atoms with Crippen molar-refractivity contribution in [3.8, 4) is 0 Å². The van der Waals surface area contributed by atoms with Gasteiger partial charge in [0.15, 0.2) is 0 Å². The minimum atomic E-state index is 0.388. The molecule has 1 aliphatic heterocycles. The van der Waals surface area contributed by atoms with Gasteiger partial charge in [0.2, 0.25) is 0 Å². The van der Waals surface area contributed by atoms with Gasteiger partial charge in [-0.05, 0) is 43.4 Å². The van der Waals surface area contributed by atoms with Crippen molar-refractivity contribution < 1.29 is 0 Å². The Morgan fingerprint density at radius 3 is 2.05 bits per heavy atom. The monoisotopic (exact) mass is 272 g/mol. The number of nitrogens with zero attached hydrogens (tertiary/aromatic N) is 2. The number of piperazine rings is 1. The van der Waals surface area contributed by atoms with E-state index in [4.69, 9.17) is 0 Å². The van der Waals surface area contributed by atoms with E-state index in [0.29, 0.717) is 5.54 Å². The van der Waals surface area contributed by atoms with E-state index in [-0.39, 0.29) is 0 Å². The van der Waals surface area contributed by atoms with Crippen LogP contribution in [0.3, 0.4) is 0 Å². The highest BCUT2D eigenvalue weighted by molar-refractivity contribution is 5.36. The lowest BCUT2D eigenvalue weighted by molar-refractivity contribution is 0.0313. The summed E-state index contributed by atoms with van der Waals surface area (Å²) in [6.07, 6.45) is 3.83. The van der Waals surface area contributed by atoms with Gasteiger partial charge in [0.1, 0.15) is 0 Å². The molecule has 2 aliphatic rings. The van der Waals surface area contributed by atoms with Gasteiger partial charge < -0.3 is 4.90 Å². The van der Waals surface area contributed by atoms with E-state index in [1.807, 2.05) is 0 Å². The molecule has 0 unspecified atom stereocenters. The summed E-state index contributed by atoms with van der Waals surface area (Å²) in [5.41, 5.74) is 3.57. The van der Waals surface area contributed by atoms with Gasteiger partial charge >= 0.3 is 0 Å². The molecule has 20 heavy (non-hydrogen) atoms. The lowest BCUT2D eigenvalue weighted by Crippen LogP contribution is -2.57. The molecule has 1 fully saturated rings. The van der Waals surface area contributed by atoms with E-state index in [0.717, 1.165) is 5.92 Å². The molecular weight excluding hydrogens is 244 g/mol. The van der Waals surface area contributed by atoms with Crippen LogP contribution in [0.15, 0.2) is 24.3 Å². The third kappa shape index (κ3) is 2.64. The van der Waals surface area contributed by atoms with Crippen LogP contribution in [0, 0.1) is 5.92 Å². The summed E-state index contributed by atoms with van der Waals surface area (Å²) < 4.78 is 0. The molecule has 3 rings (SSSR count). The Bertz CT molecular complexity index is 433. The van der Waals surface area contributed by atoms with Gasteiger partial charge in [0, 0.05) is 31.7 Å². The highest BCUT2D eigenvalue weighted by Crippen LogP contribution is 2.39. The first kappa shape index (κ1) is 14.1. The summed E-state index contributed by atoms with van der Waals surface area (Å²) in [5.74, 6) is 0.768. The van der Waals surface area contributed by atoms with Crippen molar-refractivity contribution >= 4 is 0 Å². The van der Waals surface area contributed by atoms with Crippen molar-refractivity contribution in [2.75, 3.05) is 33.2 Å². The topological polar surface area (TPSA) is 6.48 Å². The molecule has 0 N–H and O–H groups in total. The number of hydrogen-bond donors (Lipinski definition) is 0. The Kier molecular flexibility index (Phi) is 3.87. The normalized spacial score (nSPS) is 23.2. The van der Waals surface area contributed by atoms with Gasteiger partial charge in [-0.3, -0.25) is 4.90 Å². The fraction of sp³-hybridized carbons (Fsp3) is 0.667. The lowest BCUT2D eigenvalue weighted by Gasteiger charge is -2.46. The third-order valence-electron chi connectivity index (χ3n) is 5.12. The van der Waals surface area contributed by atoms with Crippen LogP contribution in [0.5, 0.6) is 0 Å². The van der Waals surface area contributed by atoms with Crippen molar-refractivity contribution in [3.63, 3.8) is 0 Å². The standard InChI is InChI=1S/C18H28N2/c1-15(2)12-18(20-10-8-19(3)9-11-20)13-16-6-4-5-7-17(16)14-18/h4-7,15H,8-14H2,1-3H3. The largest absolute Gasteiger partial charge is 0.304 e. The number of benzene rings is 1. The van der Waals surface area contributed by atoms with Crippen molar-refractivity contribution in [1.82, 2.24) is 9.80 Å². The van der Waals surface area contributed by atoms with Crippen molar-refractivity contribution in [1.29, 1.82) is 0 Å². The number of rotatable bonds is 3. The summed E-state index contributed by atoms with van der Waals surface area (Å²) in [6, 6.07) is 9.09. The number of hydrogen-bond acceptors (Lipinski definition) is 2. The molecule has 1 aliphatic carbocycles. The Balaban J connectivity index is 1.84. The second-order valence-corrected chi connectivity index (χ2v) is 7.23. The highest BCUT2D eigenvalue weighted by Gasteiger charge is 2.42. The van der Waals surface area contributed by atoms with Crippen LogP contribution in [-0.2, 0) is 12.8 Å². The third-order valence-corrected chi connectivity index (χ3v) is 5.12. The Hall–Kier alpha value is -0.860. The minimum Gasteiger partial charge on any atom is -0.304 e. The van der Waals surface area contributed by atoms with Crippen molar-refractivity contribution in [2.24, 2.45) is 5.92 Å². The zero-order valence-corrected chi connectivity index (χ0v) is 13.2. The van der Waals surface area contributed by atoms with E-state index in [2.05, 4.69) is 55.0 Å². The Morgan fingerprint density at radius 2 is 1.55 bits per heavy atom. The predicted molar refractivity (Wildman–Crippen MR) is 85.1 cm³/mol. The van der Waals surface area contributed by atoms with Gasteiger partial charge in [0.05, 0.1) is 0 Å². The van der Waals surface area contributed by atoms with Crippen LogP contribution in [0.2, 0.25) is 0 Å². The molecule has 0 radical (unpaired) electrons. The molecular formula is C18H28N2. The van der Waals surface area contributed by atoms with Crippen LogP contribution in [0.4, 0.5) is 0 Å². The van der Waals surface area contributed by atoms with Crippen LogP contribution in [0.1, 0.15) is 31.4 Å². The first-order chi connectivity index (χ1) is 9.59. The van der Waals surface area contributed by atoms with Gasteiger partial charge in [-0.1, -0.05) is 38.1 Å². The van der Waals surface area contributed by atoms with E-state index in [9.17, 15) is 0 Å². The molecule has 0 atom stereocenters. The molecule has 0 aromatic heterocycles. The molecule has 0 saturated carbocycles. The highest BCUT2D eigenvalue weighted by atomic mass is 15.3. The van der Waals surface area contributed by atoms with Crippen molar-refractivity contribution in [3.05, 3.63) is 35.4 Å².